The molecule has 26 heavy (non-hydrogen) atoms. The minimum atomic E-state index is -0.360. The highest BCUT2D eigenvalue weighted by atomic mass is 32.2. The van der Waals surface area contributed by atoms with Crippen molar-refractivity contribution < 1.29 is 9.50 Å². The number of nitrogens with zero attached hydrogens (tertiary/aromatic N) is 1. The molecule has 1 aliphatic rings. The highest BCUT2D eigenvalue weighted by Gasteiger charge is 2.19. The number of likely N-dealkylation sites (tertiary alicyclic amines) is 1. The summed E-state index contributed by atoms with van der Waals surface area (Å²) in [5.41, 5.74) is 1.01. The quantitative estimate of drug-likeness (QED) is 0.648. The highest BCUT2D eigenvalue weighted by Crippen LogP contribution is 2.26. The fourth-order valence-electron chi connectivity index (χ4n) is 3.52. The standard InChI is InChI=1S/C22H28FNOS/c23-20-6-8-21(9-7-20)26-17-13-18-10-14-24(15-11-18)16-12-22(25)19-4-2-1-3-5-19/h1-9,18,22,25H,10-17H2. The van der Waals surface area contributed by atoms with Crippen molar-refractivity contribution in [2.45, 2.75) is 36.7 Å². The summed E-state index contributed by atoms with van der Waals surface area (Å²) < 4.78 is 12.9. The van der Waals surface area contributed by atoms with E-state index in [2.05, 4.69) is 4.90 Å². The van der Waals surface area contributed by atoms with Crippen molar-refractivity contribution in [1.82, 2.24) is 4.90 Å². The number of aliphatic hydroxyl groups is 1. The summed E-state index contributed by atoms with van der Waals surface area (Å²) in [7, 11) is 0. The van der Waals surface area contributed by atoms with Crippen LogP contribution < -0.4 is 0 Å². The van der Waals surface area contributed by atoms with E-state index in [1.54, 1.807) is 0 Å². The third kappa shape index (κ3) is 6.11. The van der Waals surface area contributed by atoms with Crippen LogP contribution in [-0.2, 0) is 0 Å². The normalized spacial score (nSPS) is 17.3. The predicted octanol–water partition coefficient (Wildman–Crippen LogP) is 5.14. The van der Waals surface area contributed by atoms with E-state index in [1.165, 1.54) is 31.4 Å². The fraction of sp³-hybridized carbons (Fsp3) is 0.455. The molecule has 2 aromatic rings. The molecule has 1 saturated heterocycles. The summed E-state index contributed by atoms with van der Waals surface area (Å²) in [5.74, 6) is 1.72. The number of thioether (sulfide) groups is 1. The van der Waals surface area contributed by atoms with Gasteiger partial charge in [0.05, 0.1) is 6.10 Å². The first-order chi connectivity index (χ1) is 12.7. The van der Waals surface area contributed by atoms with Gasteiger partial charge in [-0.15, -0.1) is 11.8 Å². The van der Waals surface area contributed by atoms with E-state index in [1.807, 2.05) is 54.2 Å². The molecule has 0 saturated carbocycles. The topological polar surface area (TPSA) is 23.5 Å². The van der Waals surface area contributed by atoms with E-state index in [0.717, 1.165) is 48.2 Å². The summed E-state index contributed by atoms with van der Waals surface area (Å²) in [4.78, 5) is 3.63. The number of halogens is 1. The maximum Gasteiger partial charge on any atom is 0.123 e. The van der Waals surface area contributed by atoms with Crippen molar-refractivity contribution in [2.24, 2.45) is 5.92 Å². The van der Waals surface area contributed by atoms with Gasteiger partial charge in [0.2, 0.25) is 0 Å². The second-order valence-corrected chi connectivity index (χ2v) is 8.26. The summed E-state index contributed by atoms with van der Waals surface area (Å²) in [5, 5.41) is 10.3. The molecule has 1 fully saturated rings. The molecule has 0 spiro atoms. The van der Waals surface area contributed by atoms with E-state index in [4.69, 9.17) is 0 Å². The summed E-state index contributed by atoms with van der Waals surface area (Å²) in [6.07, 6.45) is 4.15. The second kappa shape index (κ2) is 10.1. The molecule has 0 radical (unpaired) electrons. The Kier molecular flexibility index (Phi) is 7.54. The van der Waals surface area contributed by atoms with Crippen LogP contribution in [-0.4, -0.2) is 35.4 Å². The Morgan fingerprint density at radius 2 is 1.73 bits per heavy atom. The molecule has 0 aromatic heterocycles. The number of piperidine rings is 1. The van der Waals surface area contributed by atoms with Gasteiger partial charge in [-0.25, -0.2) is 4.39 Å². The number of hydrogen-bond acceptors (Lipinski definition) is 3. The first kappa shape index (κ1) is 19.4. The van der Waals surface area contributed by atoms with Crippen LogP contribution in [0.25, 0.3) is 0 Å². The molecule has 1 aliphatic heterocycles. The lowest BCUT2D eigenvalue weighted by molar-refractivity contribution is 0.122. The zero-order valence-corrected chi connectivity index (χ0v) is 16.0. The predicted molar refractivity (Wildman–Crippen MR) is 107 cm³/mol. The smallest absolute Gasteiger partial charge is 0.123 e. The molecule has 2 aromatic carbocycles. The number of rotatable bonds is 8. The fourth-order valence-corrected chi connectivity index (χ4v) is 4.54. The van der Waals surface area contributed by atoms with Gasteiger partial charge < -0.3 is 10.0 Å². The maximum atomic E-state index is 12.9. The van der Waals surface area contributed by atoms with Gasteiger partial charge in [0.25, 0.3) is 0 Å². The van der Waals surface area contributed by atoms with Gasteiger partial charge >= 0.3 is 0 Å². The Hall–Kier alpha value is -1.36. The van der Waals surface area contributed by atoms with Crippen LogP contribution in [0, 0.1) is 11.7 Å². The van der Waals surface area contributed by atoms with Crippen molar-refractivity contribution in [3.05, 3.63) is 66.0 Å². The van der Waals surface area contributed by atoms with Crippen LogP contribution in [0.3, 0.4) is 0 Å². The lowest BCUT2D eigenvalue weighted by atomic mass is 9.94. The number of hydrogen-bond donors (Lipinski definition) is 1. The molecule has 0 bridgehead atoms. The summed E-state index contributed by atoms with van der Waals surface area (Å²) in [6.45, 7) is 3.23. The summed E-state index contributed by atoms with van der Waals surface area (Å²) >= 11 is 1.82. The van der Waals surface area contributed by atoms with E-state index in [0.29, 0.717) is 0 Å². The first-order valence-electron chi connectivity index (χ1n) is 9.54. The third-order valence-electron chi connectivity index (χ3n) is 5.22. The van der Waals surface area contributed by atoms with Gasteiger partial charge in [-0.3, -0.25) is 0 Å². The zero-order valence-electron chi connectivity index (χ0n) is 15.2. The van der Waals surface area contributed by atoms with Crippen molar-refractivity contribution in [3.63, 3.8) is 0 Å². The Morgan fingerprint density at radius 1 is 1.04 bits per heavy atom. The average Bonchev–Trinajstić information content (AvgIpc) is 2.69. The number of benzene rings is 2. The monoisotopic (exact) mass is 373 g/mol. The van der Waals surface area contributed by atoms with Gasteiger partial charge in [-0.2, -0.15) is 0 Å². The van der Waals surface area contributed by atoms with Gasteiger partial charge in [-0.05, 0) is 80.3 Å². The SMILES string of the molecule is OC(CCN1CCC(CCSc2ccc(F)cc2)CC1)c1ccccc1. The minimum absolute atomic E-state index is 0.167. The van der Waals surface area contributed by atoms with Gasteiger partial charge in [-0.1, -0.05) is 30.3 Å². The Labute approximate surface area is 160 Å². The Morgan fingerprint density at radius 3 is 2.42 bits per heavy atom. The molecule has 1 N–H and O–H groups in total. The lowest BCUT2D eigenvalue weighted by Gasteiger charge is -2.32. The third-order valence-corrected chi connectivity index (χ3v) is 6.26. The maximum absolute atomic E-state index is 12.9. The molecular weight excluding hydrogens is 345 g/mol. The molecule has 0 aliphatic carbocycles. The van der Waals surface area contributed by atoms with Gasteiger partial charge in [0.1, 0.15) is 5.82 Å². The highest BCUT2D eigenvalue weighted by molar-refractivity contribution is 7.99. The molecule has 1 atom stereocenters. The summed E-state index contributed by atoms with van der Waals surface area (Å²) in [6, 6.07) is 16.7. The number of aliphatic hydroxyl groups excluding tert-OH is 1. The Bertz CT molecular complexity index is 641. The molecule has 1 unspecified atom stereocenters. The first-order valence-corrected chi connectivity index (χ1v) is 10.5. The van der Waals surface area contributed by atoms with Crippen LogP contribution in [0.4, 0.5) is 4.39 Å². The molecule has 140 valence electrons. The van der Waals surface area contributed by atoms with E-state index in [9.17, 15) is 9.50 Å². The van der Waals surface area contributed by atoms with E-state index >= 15 is 0 Å². The average molecular weight is 374 g/mol. The van der Waals surface area contributed by atoms with Crippen molar-refractivity contribution in [1.29, 1.82) is 0 Å². The van der Waals surface area contributed by atoms with E-state index in [-0.39, 0.29) is 11.9 Å². The molecule has 1 heterocycles. The van der Waals surface area contributed by atoms with Crippen LogP contribution >= 0.6 is 11.8 Å². The van der Waals surface area contributed by atoms with Crippen molar-refractivity contribution in [2.75, 3.05) is 25.4 Å². The van der Waals surface area contributed by atoms with Crippen LogP contribution in [0.1, 0.15) is 37.4 Å². The molecule has 3 rings (SSSR count). The van der Waals surface area contributed by atoms with Crippen LogP contribution in [0.2, 0.25) is 0 Å². The molecular formula is C22H28FNOS. The lowest BCUT2D eigenvalue weighted by Crippen LogP contribution is -2.35. The van der Waals surface area contributed by atoms with Crippen molar-refractivity contribution in [3.8, 4) is 0 Å². The minimum Gasteiger partial charge on any atom is -0.388 e. The van der Waals surface area contributed by atoms with E-state index < -0.39 is 0 Å². The van der Waals surface area contributed by atoms with Crippen LogP contribution in [0.15, 0.2) is 59.5 Å². The molecule has 0 amide bonds. The van der Waals surface area contributed by atoms with Crippen LogP contribution in [0.5, 0.6) is 0 Å². The molecule has 2 nitrogen and oxygen atoms in total. The Balaban J connectivity index is 1.31. The van der Waals surface area contributed by atoms with Crippen molar-refractivity contribution >= 4 is 11.8 Å². The second-order valence-electron chi connectivity index (χ2n) is 7.09. The van der Waals surface area contributed by atoms with Gasteiger partial charge in [0.15, 0.2) is 0 Å². The largest absolute Gasteiger partial charge is 0.388 e. The zero-order chi connectivity index (χ0) is 18.2. The van der Waals surface area contributed by atoms with Gasteiger partial charge in [0, 0.05) is 11.4 Å². The molecule has 4 heteroatoms.